The Morgan fingerprint density at radius 2 is 1.71 bits per heavy atom. The molecule has 0 bridgehead atoms. The molecule has 1 heterocycles. The van der Waals surface area contributed by atoms with Crippen LogP contribution in [0.1, 0.15) is 26.2 Å². The van der Waals surface area contributed by atoms with Crippen molar-refractivity contribution in [3.8, 4) is 16.9 Å². The first-order chi connectivity index (χ1) is 13.7. The molecule has 0 radical (unpaired) electrons. The fourth-order valence-corrected chi connectivity index (χ4v) is 3.44. The summed E-state index contributed by atoms with van der Waals surface area (Å²) < 4.78 is 11.7. The molecule has 1 fully saturated rings. The maximum Gasteiger partial charge on any atom is 0.263 e. The molecule has 1 aliphatic heterocycles. The van der Waals surface area contributed by atoms with Crippen molar-refractivity contribution < 1.29 is 14.3 Å². The van der Waals surface area contributed by atoms with Gasteiger partial charge in [-0.05, 0) is 56.0 Å². The molecular weight excluding hydrogens is 352 g/mol. The van der Waals surface area contributed by atoms with Gasteiger partial charge in [-0.1, -0.05) is 42.5 Å². The highest BCUT2D eigenvalue weighted by Crippen LogP contribution is 2.23. The van der Waals surface area contributed by atoms with E-state index in [0.29, 0.717) is 32.0 Å². The molecule has 0 saturated carbocycles. The molecular formula is C23H30N2O3. The number of amides is 1. The molecule has 0 spiro atoms. The van der Waals surface area contributed by atoms with Crippen LogP contribution in [0.15, 0.2) is 54.6 Å². The van der Waals surface area contributed by atoms with Gasteiger partial charge >= 0.3 is 0 Å². The Morgan fingerprint density at radius 3 is 2.36 bits per heavy atom. The Morgan fingerprint density at radius 1 is 1.07 bits per heavy atom. The van der Waals surface area contributed by atoms with E-state index >= 15 is 0 Å². The lowest BCUT2D eigenvalue weighted by Gasteiger charge is -2.33. The predicted molar refractivity (Wildman–Crippen MR) is 111 cm³/mol. The maximum absolute atomic E-state index is 12.7. The summed E-state index contributed by atoms with van der Waals surface area (Å²) in [5.41, 5.74) is 7.78. The van der Waals surface area contributed by atoms with E-state index < -0.39 is 6.10 Å². The van der Waals surface area contributed by atoms with Gasteiger partial charge in [-0.3, -0.25) is 4.79 Å². The summed E-state index contributed by atoms with van der Waals surface area (Å²) in [6, 6.07) is 18.1. The van der Waals surface area contributed by atoms with E-state index in [-0.39, 0.29) is 12.0 Å². The molecule has 150 valence electrons. The van der Waals surface area contributed by atoms with E-state index in [1.807, 2.05) is 54.3 Å². The maximum atomic E-state index is 12.7. The Balaban J connectivity index is 1.48. The fraction of sp³-hybridized carbons (Fsp3) is 0.435. The Labute approximate surface area is 167 Å². The van der Waals surface area contributed by atoms with Gasteiger partial charge in [0.1, 0.15) is 5.75 Å². The zero-order valence-electron chi connectivity index (χ0n) is 16.5. The van der Waals surface area contributed by atoms with Crippen molar-refractivity contribution >= 4 is 5.91 Å². The number of likely N-dealkylation sites (tertiary alicyclic amines) is 1. The molecule has 5 nitrogen and oxygen atoms in total. The zero-order chi connectivity index (χ0) is 19.8. The Hall–Kier alpha value is -2.37. The van der Waals surface area contributed by atoms with Gasteiger partial charge in [0, 0.05) is 19.7 Å². The van der Waals surface area contributed by atoms with Crippen molar-refractivity contribution in [1.29, 1.82) is 0 Å². The number of hydrogen-bond donors (Lipinski definition) is 1. The summed E-state index contributed by atoms with van der Waals surface area (Å²) in [6.07, 6.45) is 2.35. The van der Waals surface area contributed by atoms with Crippen LogP contribution in [-0.4, -0.2) is 49.3 Å². The summed E-state index contributed by atoms with van der Waals surface area (Å²) in [4.78, 5) is 14.6. The van der Waals surface area contributed by atoms with E-state index in [1.54, 1.807) is 0 Å². The molecule has 1 atom stereocenters. The average Bonchev–Trinajstić information content (AvgIpc) is 2.75. The minimum atomic E-state index is -0.503. The van der Waals surface area contributed by atoms with Crippen LogP contribution in [0.2, 0.25) is 0 Å². The average molecular weight is 383 g/mol. The fourth-order valence-electron chi connectivity index (χ4n) is 3.44. The first-order valence-electron chi connectivity index (χ1n) is 10.1. The van der Waals surface area contributed by atoms with E-state index in [4.69, 9.17) is 15.2 Å². The lowest BCUT2D eigenvalue weighted by atomic mass is 10.1. The number of nitrogens with zero attached hydrogens (tertiary/aromatic N) is 1. The van der Waals surface area contributed by atoms with Gasteiger partial charge in [-0.2, -0.15) is 0 Å². The van der Waals surface area contributed by atoms with Crippen molar-refractivity contribution in [2.45, 2.75) is 38.4 Å². The second-order valence-corrected chi connectivity index (χ2v) is 7.19. The molecule has 1 saturated heterocycles. The molecule has 0 aromatic heterocycles. The van der Waals surface area contributed by atoms with Crippen LogP contribution < -0.4 is 10.5 Å². The van der Waals surface area contributed by atoms with Crippen molar-refractivity contribution in [3.05, 3.63) is 54.6 Å². The van der Waals surface area contributed by atoms with Gasteiger partial charge in [0.15, 0.2) is 6.10 Å². The van der Waals surface area contributed by atoms with Gasteiger partial charge in [-0.25, -0.2) is 0 Å². The van der Waals surface area contributed by atoms with Gasteiger partial charge in [0.25, 0.3) is 5.91 Å². The van der Waals surface area contributed by atoms with E-state index in [2.05, 4.69) is 12.1 Å². The topological polar surface area (TPSA) is 64.8 Å². The third kappa shape index (κ3) is 5.57. The minimum absolute atomic E-state index is 0.0348. The number of carbonyl (C=O) groups excluding carboxylic acids is 1. The largest absolute Gasteiger partial charge is 0.481 e. The Kier molecular flexibility index (Phi) is 7.46. The SMILES string of the molecule is CC(Oc1ccc(-c2ccccc2)cc1)C(=O)N1CCC(OCCCN)CC1. The molecule has 1 amide bonds. The Bertz CT molecular complexity index is 725. The number of benzene rings is 2. The van der Waals surface area contributed by atoms with Crippen LogP contribution in [0.5, 0.6) is 5.75 Å². The second-order valence-electron chi connectivity index (χ2n) is 7.19. The van der Waals surface area contributed by atoms with Crippen LogP contribution in [0.25, 0.3) is 11.1 Å². The highest BCUT2D eigenvalue weighted by Gasteiger charge is 2.27. The molecule has 2 aromatic rings. The molecule has 5 heteroatoms. The monoisotopic (exact) mass is 382 g/mol. The van der Waals surface area contributed by atoms with Gasteiger partial charge < -0.3 is 20.1 Å². The van der Waals surface area contributed by atoms with Crippen LogP contribution in [0.4, 0.5) is 0 Å². The predicted octanol–water partition coefficient (Wildman–Crippen LogP) is 3.48. The van der Waals surface area contributed by atoms with Gasteiger partial charge in [0.2, 0.25) is 0 Å². The summed E-state index contributed by atoms with van der Waals surface area (Å²) >= 11 is 0. The number of nitrogens with two attached hydrogens (primary N) is 1. The van der Waals surface area contributed by atoms with Crippen molar-refractivity contribution in [2.24, 2.45) is 5.73 Å². The standard InChI is InChI=1S/C23H30N2O3/c1-18(23(26)25-15-12-21(13-16-25)27-17-5-14-24)28-22-10-8-20(9-11-22)19-6-3-2-4-7-19/h2-4,6-11,18,21H,5,12-17,24H2,1H3. The highest BCUT2D eigenvalue weighted by atomic mass is 16.5. The number of rotatable bonds is 8. The third-order valence-electron chi connectivity index (χ3n) is 5.08. The van der Waals surface area contributed by atoms with Crippen LogP contribution in [0.3, 0.4) is 0 Å². The summed E-state index contributed by atoms with van der Waals surface area (Å²) in [6.45, 7) is 4.60. The lowest BCUT2D eigenvalue weighted by Crippen LogP contribution is -2.46. The minimum Gasteiger partial charge on any atom is -0.481 e. The normalized spacial score (nSPS) is 16.0. The zero-order valence-corrected chi connectivity index (χ0v) is 16.5. The van der Waals surface area contributed by atoms with Crippen LogP contribution in [-0.2, 0) is 9.53 Å². The first kappa shape index (κ1) is 20.4. The molecule has 2 aromatic carbocycles. The number of carbonyl (C=O) groups is 1. The quantitative estimate of drug-likeness (QED) is 0.710. The van der Waals surface area contributed by atoms with Crippen molar-refractivity contribution in [3.63, 3.8) is 0 Å². The summed E-state index contributed by atoms with van der Waals surface area (Å²) in [5, 5.41) is 0. The van der Waals surface area contributed by atoms with Crippen LogP contribution >= 0.6 is 0 Å². The summed E-state index contributed by atoms with van der Waals surface area (Å²) in [5.74, 6) is 0.744. The van der Waals surface area contributed by atoms with Crippen molar-refractivity contribution in [2.75, 3.05) is 26.2 Å². The van der Waals surface area contributed by atoms with E-state index in [0.717, 1.165) is 30.4 Å². The third-order valence-corrected chi connectivity index (χ3v) is 5.08. The molecule has 3 rings (SSSR count). The highest BCUT2D eigenvalue weighted by molar-refractivity contribution is 5.81. The first-order valence-corrected chi connectivity index (χ1v) is 10.1. The molecule has 1 unspecified atom stereocenters. The number of piperidine rings is 1. The molecule has 28 heavy (non-hydrogen) atoms. The number of hydrogen-bond acceptors (Lipinski definition) is 4. The molecule has 2 N–H and O–H groups in total. The van der Waals surface area contributed by atoms with E-state index in [9.17, 15) is 4.79 Å². The van der Waals surface area contributed by atoms with Gasteiger partial charge in [0.05, 0.1) is 6.10 Å². The van der Waals surface area contributed by atoms with Gasteiger partial charge in [-0.15, -0.1) is 0 Å². The van der Waals surface area contributed by atoms with E-state index in [1.165, 1.54) is 0 Å². The smallest absolute Gasteiger partial charge is 0.263 e. The second kappa shape index (κ2) is 10.2. The van der Waals surface area contributed by atoms with Crippen LogP contribution in [0, 0.1) is 0 Å². The number of ether oxygens (including phenoxy) is 2. The molecule has 1 aliphatic rings. The molecule has 0 aliphatic carbocycles. The van der Waals surface area contributed by atoms with Crippen molar-refractivity contribution in [1.82, 2.24) is 4.90 Å². The summed E-state index contributed by atoms with van der Waals surface area (Å²) in [7, 11) is 0. The lowest BCUT2D eigenvalue weighted by molar-refractivity contribution is -0.140.